The predicted molar refractivity (Wildman–Crippen MR) is 104 cm³/mol. The van der Waals surface area contributed by atoms with Crippen molar-refractivity contribution in [3.05, 3.63) is 52.3 Å². The fraction of sp³-hybridized carbons (Fsp3) is 0.316. The van der Waals surface area contributed by atoms with Crippen LogP contribution in [0.25, 0.3) is 11.0 Å². The first-order valence-corrected chi connectivity index (χ1v) is 8.94. The third-order valence-corrected chi connectivity index (χ3v) is 4.25. The number of hydrogen-bond acceptors (Lipinski definition) is 3. The van der Waals surface area contributed by atoms with Crippen molar-refractivity contribution in [2.75, 3.05) is 5.32 Å². The first-order chi connectivity index (χ1) is 11.7. The van der Waals surface area contributed by atoms with Gasteiger partial charge in [-0.2, -0.15) is 0 Å². The van der Waals surface area contributed by atoms with E-state index in [9.17, 15) is 4.79 Å². The zero-order valence-corrected chi connectivity index (χ0v) is 16.4. The lowest BCUT2D eigenvalue weighted by Gasteiger charge is -2.24. The van der Waals surface area contributed by atoms with Crippen LogP contribution in [0.1, 0.15) is 32.2 Å². The molecule has 0 aliphatic rings. The molecule has 0 atom stereocenters. The fourth-order valence-electron chi connectivity index (χ4n) is 2.90. The minimum Gasteiger partial charge on any atom is -0.305 e. The van der Waals surface area contributed by atoms with E-state index < -0.39 is 0 Å². The second-order valence-electron chi connectivity index (χ2n) is 7.07. The molecule has 0 saturated heterocycles. The van der Waals surface area contributed by atoms with Crippen molar-refractivity contribution in [3.63, 3.8) is 0 Å². The third kappa shape index (κ3) is 3.90. The number of carbonyl (C=O) groups excluding carboxylic acids is 1. The van der Waals surface area contributed by atoms with E-state index in [1.54, 1.807) is 0 Å². The highest BCUT2D eigenvalue weighted by molar-refractivity contribution is 9.10. The number of halogens is 1. The Labute approximate surface area is 155 Å². The number of pyridine rings is 1. The Morgan fingerprint density at radius 1 is 1.20 bits per heavy atom. The van der Waals surface area contributed by atoms with Gasteiger partial charge >= 0.3 is 0 Å². The number of imidazole rings is 1. The molecule has 3 rings (SSSR count). The highest BCUT2D eigenvalue weighted by Gasteiger charge is 2.22. The maximum absolute atomic E-state index is 12.5. The number of nitrogens with zero attached hydrogens (tertiary/aromatic N) is 3. The number of amides is 1. The van der Waals surface area contributed by atoms with Crippen molar-refractivity contribution in [3.8, 4) is 0 Å². The van der Waals surface area contributed by atoms with E-state index in [0.717, 1.165) is 26.9 Å². The number of aryl methyl sites for hydroxylation is 1. The van der Waals surface area contributed by atoms with Crippen LogP contribution in [0.15, 0.2) is 40.9 Å². The fourth-order valence-corrected chi connectivity index (χ4v) is 3.50. The lowest BCUT2D eigenvalue weighted by molar-refractivity contribution is -0.115. The Kier molecular flexibility index (Phi) is 4.64. The van der Waals surface area contributed by atoms with Gasteiger partial charge in [0.05, 0.1) is 23.1 Å². The van der Waals surface area contributed by atoms with Crippen LogP contribution in [0, 0.1) is 6.92 Å². The Balaban J connectivity index is 1.91. The molecule has 2 heterocycles. The molecule has 130 valence electrons. The number of aromatic nitrogens is 3. The van der Waals surface area contributed by atoms with E-state index in [4.69, 9.17) is 0 Å². The number of anilines is 1. The Bertz CT molecular complexity index is 920. The molecule has 0 aliphatic carbocycles. The zero-order valence-electron chi connectivity index (χ0n) is 14.8. The molecule has 1 aromatic carbocycles. The van der Waals surface area contributed by atoms with Crippen molar-refractivity contribution in [1.29, 1.82) is 0 Å². The first-order valence-electron chi connectivity index (χ1n) is 8.15. The smallest absolute Gasteiger partial charge is 0.232 e. The van der Waals surface area contributed by atoms with Crippen LogP contribution in [0.2, 0.25) is 0 Å². The van der Waals surface area contributed by atoms with Crippen LogP contribution in [-0.4, -0.2) is 20.4 Å². The molecule has 1 amide bonds. The zero-order chi connectivity index (χ0) is 18.2. The molecule has 0 bridgehead atoms. The number of rotatable bonds is 3. The van der Waals surface area contributed by atoms with Crippen molar-refractivity contribution < 1.29 is 4.79 Å². The quantitative estimate of drug-likeness (QED) is 0.706. The first kappa shape index (κ1) is 17.6. The largest absolute Gasteiger partial charge is 0.305 e. The van der Waals surface area contributed by atoms with Gasteiger partial charge in [-0.3, -0.25) is 15.1 Å². The van der Waals surface area contributed by atoms with Gasteiger partial charge in [-0.25, -0.2) is 4.98 Å². The molecule has 2 aromatic heterocycles. The Morgan fingerprint density at radius 3 is 2.60 bits per heavy atom. The molecule has 1 N–H and O–H groups in total. The van der Waals surface area contributed by atoms with E-state index in [2.05, 4.69) is 56.6 Å². The van der Waals surface area contributed by atoms with Crippen LogP contribution in [0.3, 0.4) is 0 Å². The van der Waals surface area contributed by atoms with E-state index >= 15 is 0 Å². The minimum absolute atomic E-state index is 0.134. The summed E-state index contributed by atoms with van der Waals surface area (Å²) in [6.07, 6.45) is 0.202. The van der Waals surface area contributed by atoms with Crippen LogP contribution < -0.4 is 5.32 Å². The SMILES string of the molecule is Cc1cc(Br)cc(CC(=O)Nc2nc3ccccc3n2C(C)(C)C)n1. The predicted octanol–water partition coefficient (Wildman–Crippen LogP) is 4.44. The average Bonchev–Trinajstić information content (AvgIpc) is 2.83. The highest BCUT2D eigenvalue weighted by Crippen LogP contribution is 2.28. The van der Waals surface area contributed by atoms with Gasteiger partial charge < -0.3 is 4.57 Å². The molecule has 25 heavy (non-hydrogen) atoms. The van der Waals surface area contributed by atoms with Crippen molar-refractivity contribution in [2.45, 2.75) is 39.7 Å². The summed E-state index contributed by atoms with van der Waals surface area (Å²) in [5, 5.41) is 2.95. The van der Waals surface area contributed by atoms with E-state index in [0.29, 0.717) is 5.95 Å². The normalized spacial score (nSPS) is 11.7. The number of nitrogens with one attached hydrogen (secondary N) is 1. The summed E-state index contributed by atoms with van der Waals surface area (Å²) in [7, 11) is 0. The summed E-state index contributed by atoms with van der Waals surface area (Å²) in [6.45, 7) is 8.19. The molecule has 5 nitrogen and oxygen atoms in total. The highest BCUT2D eigenvalue weighted by atomic mass is 79.9. The molecule has 6 heteroatoms. The maximum Gasteiger partial charge on any atom is 0.232 e. The minimum atomic E-state index is -0.205. The van der Waals surface area contributed by atoms with Gasteiger partial charge in [0.15, 0.2) is 0 Å². The van der Waals surface area contributed by atoms with Gasteiger partial charge in [0.2, 0.25) is 11.9 Å². The van der Waals surface area contributed by atoms with Crippen molar-refractivity contribution in [1.82, 2.24) is 14.5 Å². The number of fused-ring (bicyclic) bond motifs is 1. The van der Waals surface area contributed by atoms with Gasteiger partial charge in [-0.05, 0) is 52.0 Å². The van der Waals surface area contributed by atoms with E-state index in [1.165, 1.54) is 0 Å². The van der Waals surface area contributed by atoms with Gasteiger partial charge in [-0.15, -0.1) is 0 Å². The van der Waals surface area contributed by atoms with Crippen LogP contribution in [0.4, 0.5) is 5.95 Å². The maximum atomic E-state index is 12.5. The summed E-state index contributed by atoms with van der Waals surface area (Å²) in [6, 6.07) is 11.7. The van der Waals surface area contributed by atoms with Gasteiger partial charge in [0.1, 0.15) is 0 Å². The Hall–Kier alpha value is -2.21. The number of benzene rings is 1. The summed E-state index contributed by atoms with van der Waals surface area (Å²) >= 11 is 3.44. The molecular weight excluding hydrogens is 380 g/mol. The Morgan fingerprint density at radius 2 is 1.92 bits per heavy atom. The summed E-state index contributed by atoms with van der Waals surface area (Å²) in [4.78, 5) is 21.5. The van der Waals surface area contributed by atoms with Gasteiger partial charge in [0, 0.05) is 15.7 Å². The summed E-state index contributed by atoms with van der Waals surface area (Å²) in [5.41, 5.74) is 3.26. The standard InChI is InChI=1S/C19H21BrN4O/c1-12-9-13(20)10-14(21-12)11-17(25)23-18-22-15-7-5-6-8-16(15)24(18)19(2,3)4/h5-10H,11H2,1-4H3,(H,22,23,25). The molecule has 0 saturated carbocycles. The van der Waals surface area contributed by atoms with Gasteiger partial charge in [0.25, 0.3) is 0 Å². The van der Waals surface area contributed by atoms with E-state index in [-0.39, 0.29) is 17.9 Å². The number of carbonyl (C=O) groups is 1. The molecular formula is C19H21BrN4O. The third-order valence-electron chi connectivity index (χ3n) is 3.80. The molecule has 0 radical (unpaired) electrons. The average molecular weight is 401 g/mol. The topological polar surface area (TPSA) is 59.8 Å². The van der Waals surface area contributed by atoms with E-state index in [1.807, 2.05) is 43.3 Å². The summed E-state index contributed by atoms with van der Waals surface area (Å²) in [5.74, 6) is 0.427. The monoisotopic (exact) mass is 400 g/mol. The molecule has 0 aliphatic heterocycles. The van der Waals surface area contributed by atoms with Crippen molar-refractivity contribution >= 4 is 38.8 Å². The number of para-hydroxylation sites is 2. The summed E-state index contributed by atoms with van der Waals surface area (Å²) < 4.78 is 2.98. The van der Waals surface area contributed by atoms with Crippen LogP contribution in [-0.2, 0) is 16.8 Å². The van der Waals surface area contributed by atoms with Crippen LogP contribution in [0.5, 0.6) is 0 Å². The number of hydrogen-bond donors (Lipinski definition) is 1. The second-order valence-corrected chi connectivity index (χ2v) is 7.99. The van der Waals surface area contributed by atoms with Crippen LogP contribution >= 0.6 is 15.9 Å². The molecule has 0 unspecified atom stereocenters. The lowest BCUT2D eigenvalue weighted by atomic mass is 10.1. The molecule has 0 spiro atoms. The van der Waals surface area contributed by atoms with Crippen molar-refractivity contribution in [2.24, 2.45) is 0 Å². The second kappa shape index (κ2) is 6.59. The molecule has 0 fully saturated rings. The lowest BCUT2D eigenvalue weighted by Crippen LogP contribution is -2.26. The van der Waals surface area contributed by atoms with Gasteiger partial charge in [-0.1, -0.05) is 28.1 Å². The molecule has 3 aromatic rings.